The van der Waals surface area contributed by atoms with Gasteiger partial charge in [-0.05, 0) is 68.1 Å². The standard InChI is InChI=1S/C23H29FN2O2/c1-19-6-4-7-22(18-19)28-17-3-2-8-23(27)26-14-5-13-25(15-16-26)21-11-9-20(24)10-12-21/h4,6-7,9-12,18H,2-3,5,8,13-17H2,1H3. The Morgan fingerprint density at radius 3 is 2.64 bits per heavy atom. The largest absolute Gasteiger partial charge is 0.494 e. The van der Waals surface area contributed by atoms with Crippen LogP contribution >= 0.6 is 0 Å². The number of carbonyl (C=O) groups excluding carboxylic acids is 1. The van der Waals surface area contributed by atoms with Crippen molar-refractivity contribution < 1.29 is 13.9 Å². The zero-order valence-electron chi connectivity index (χ0n) is 16.6. The third-order valence-corrected chi connectivity index (χ3v) is 5.08. The van der Waals surface area contributed by atoms with Crippen LogP contribution in [0.1, 0.15) is 31.2 Å². The summed E-state index contributed by atoms with van der Waals surface area (Å²) in [6, 6.07) is 14.6. The molecule has 1 aliphatic rings. The van der Waals surface area contributed by atoms with Crippen molar-refractivity contribution in [1.29, 1.82) is 0 Å². The Morgan fingerprint density at radius 1 is 1.04 bits per heavy atom. The molecule has 0 spiro atoms. The number of rotatable bonds is 7. The topological polar surface area (TPSA) is 32.8 Å². The molecule has 5 heteroatoms. The van der Waals surface area contributed by atoms with Crippen molar-refractivity contribution in [3.05, 3.63) is 59.9 Å². The molecule has 2 aromatic carbocycles. The van der Waals surface area contributed by atoms with Crippen LogP contribution < -0.4 is 9.64 Å². The fourth-order valence-corrected chi connectivity index (χ4v) is 3.51. The van der Waals surface area contributed by atoms with Crippen molar-refractivity contribution in [2.24, 2.45) is 0 Å². The number of ether oxygens (including phenoxy) is 1. The van der Waals surface area contributed by atoms with Crippen LogP contribution in [-0.2, 0) is 4.79 Å². The molecule has 0 unspecified atom stereocenters. The summed E-state index contributed by atoms with van der Waals surface area (Å²) in [7, 11) is 0. The predicted octanol–water partition coefficient (Wildman–Crippen LogP) is 4.42. The molecule has 0 N–H and O–H groups in total. The molecular weight excluding hydrogens is 355 g/mol. The van der Waals surface area contributed by atoms with Gasteiger partial charge in [0.25, 0.3) is 0 Å². The number of hydrogen-bond acceptors (Lipinski definition) is 3. The van der Waals surface area contributed by atoms with Crippen LogP contribution in [-0.4, -0.2) is 43.6 Å². The molecule has 0 saturated carbocycles. The minimum absolute atomic E-state index is 0.219. The first-order valence-corrected chi connectivity index (χ1v) is 10.1. The van der Waals surface area contributed by atoms with Crippen LogP contribution in [0, 0.1) is 12.7 Å². The number of anilines is 1. The highest BCUT2D eigenvalue weighted by Crippen LogP contribution is 2.18. The molecule has 3 rings (SSSR count). The summed E-state index contributed by atoms with van der Waals surface area (Å²) in [6.07, 6.45) is 3.20. The monoisotopic (exact) mass is 384 g/mol. The van der Waals surface area contributed by atoms with Crippen molar-refractivity contribution >= 4 is 11.6 Å². The molecule has 1 saturated heterocycles. The molecule has 28 heavy (non-hydrogen) atoms. The lowest BCUT2D eigenvalue weighted by Gasteiger charge is -2.23. The molecule has 0 atom stereocenters. The smallest absolute Gasteiger partial charge is 0.222 e. The molecule has 0 aromatic heterocycles. The van der Waals surface area contributed by atoms with E-state index < -0.39 is 0 Å². The Morgan fingerprint density at radius 2 is 1.86 bits per heavy atom. The van der Waals surface area contributed by atoms with Crippen LogP contribution in [0.2, 0.25) is 0 Å². The van der Waals surface area contributed by atoms with Crippen molar-refractivity contribution in [3.8, 4) is 5.75 Å². The molecule has 1 heterocycles. The molecule has 0 aliphatic carbocycles. The normalized spacial score (nSPS) is 14.6. The van der Waals surface area contributed by atoms with Gasteiger partial charge in [-0.25, -0.2) is 4.39 Å². The fraction of sp³-hybridized carbons (Fsp3) is 0.435. The van der Waals surface area contributed by atoms with Crippen LogP contribution in [0.5, 0.6) is 5.75 Å². The van der Waals surface area contributed by atoms with Gasteiger partial charge in [0.2, 0.25) is 5.91 Å². The third-order valence-electron chi connectivity index (χ3n) is 5.08. The number of aryl methyl sites for hydroxylation is 1. The zero-order valence-corrected chi connectivity index (χ0v) is 16.6. The van der Waals surface area contributed by atoms with E-state index >= 15 is 0 Å². The third kappa shape index (κ3) is 5.98. The number of benzene rings is 2. The lowest BCUT2D eigenvalue weighted by atomic mass is 10.2. The average molecular weight is 384 g/mol. The van der Waals surface area contributed by atoms with Crippen LogP contribution in [0.4, 0.5) is 10.1 Å². The molecular formula is C23H29FN2O2. The van der Waals surface area contributed by atoms with E-state index in [9.17, 15) is 9.18 Å². The van der Waals surface area contributed by atoms with Gasteiger partial charge in [0, 0.05) is 38.3 Å². The van der Waals surface area contributed by atoms with Crippen molar-refractivity contribution in [2.45, 2.75) is 32.6 Å². The SMILES string of the molecule is Cc1cccc(OCCCCC(=O)N2CCCN(c3ccc(F)cc3)CC2)c1. The molecule has 0 radical (unpaired) electrons. The fourth-order valence-electron chi connectivity index (χ4n) is 3.51. The molecule has 1 amide bonds. The van der Waals surface area contributed by atoms with E-state index in [4.69, 9.17) is 4.74 Å². The first-order valence-electron chi connectivity index (χ1n) is 10.1. The van der Waals surface area contributed by atoms with Gasteiger partial charge in [-0.15, -0.1) is 0 Å². The Labute approximate surface area is 166 Å². The lowest BCUT2D eigenvalue weighted by molar-refractivity contribution is -0.131. The summed E-state index contributed by atoms with van der Waals surface area (Å²) < 4.78 is 18.9. The average Bonchev–Trinajstić information content (AvgIpc) is 2.95. The summed E-state index contributed by atoms with van der Waals surface area (Å²) in [5.74, 6) is 0.887. The number of hydrogen-bond donors (Lipinski definition) is 0. The van der Waals surface area contributed by atoms with Crippen LogP contribution in [0.15, 0.2) is 48.5 Å². The Hall–Kier alpha value is -2.56. The van der Waals surface area contributed by atoms with Crippen LogP contribution in [0.25, 0.3) is 0 Å². The molecule has 150 valence electrons. The quantitative estimate of drug-likeness (QED) is 0.663. The number of amides is 1. The van der Waals surface area contributed by atoms with E-state index in [1.807, 2.05) is 36.1 Å². The van der Waals surface area contributed by atoms with E-state index in [0.717, 1.165) is 56.9 Å². The molecule has 1 fully saturated rings. The van der Waals surface area contributed by atoms with E-state index in [2.05, 4.69) is 4.90 Å². The number of unbranched alkanes of at least 4 members (excludes halogenated alkanes) is 1. The first kappa shape index (κ1) is 20.2. The van der Waals surface area contributed by atoms with E-state index in [1.165, 1.54) is 17.7 Å². The number of carbonyl (C=O) groups is 1. The Balaban J connectivity index is 1.37. The lowest BCUT2D eigenvalue weighted by Crippen LogP contribution is -2.35. The molecule has 2 aromatic rings. The van der Waals surface area contributed by atoms with E-state index in [-0.39, 0.29) is 11.7 Å². The van der Waals surface area contributed by atoms with Gasteiger partial charge >= 0.3 is 0 Å². The second-order valence-electron chi connectivity index (χ2n) is 7.32. The summed E-state index contributed by atoms with van der Waals surface area (Å²) in [6.45, 7) is 5.86. The maximum absolute atomic E-state index is 13.1. The Kier molecular flexibility index (Phi) is 7.29. The predicted molar refractivity (Wildman–Crippen MR) is 110 cm³/mol. The Bertz CT molecular complexity index is 763. The van der Waals surface area contributed by atoms with Crippen LogP contribution in [0.3, 0.4) is 0 Å². The summed E-state index contributed by atoms with van der Waals surface area (Å²) in [5.41, 5.74) is 2.20. The highest BCUT2D eigenvalue weighted by Gasteiger charge is 2.19. The summed E-state index contributed by atoms with van der Waals surface area (Å²) in [4.78, 5) is 16.7. The van der Waals surface area contributed by atoms with Gasteiger partial charge < -0.3 is 14.5 Å². The van der Waals surface area contributed by atoms with Gasteiger partial charge in [-0.3, -0.25) is 4.79 Å². The minimum Gasteiger partial charge on any atom is -0.494 e. The maximum atomic E-state index is 13.1. The molecule has 4 nitrogen and oxygen atoms in total. The number of nitrogens with zero attached hydrogens (tertiary/aromatic N) is 2. The summed E-state index contributed by atoms with van der Waals surface area (Å²) >= 11 is 0. The van der Waals surface area contributed by atoms with Gasteiger partial charge in [0.15, 0.2) is 0 Å². The van der Waals surface area contributed by atoms with Gasteiger partial charge in [-0.2, -0.15) is 0 Å². The first-order chi connectivity index (χ1) is 13.6. The maximum Gasteiger partial charge on any atom is 0.222 e. The highest BCUT2D eigenvalue weighted by atomic mass is 19.1. The highest BCUT2D eigenvalue weighted by molar-refractivity contribution is 5.76. The van der Waals surface area contributed by atoms with E-state index in [0.29, 0.717) is 13.0 Å². The molecule has 0 bridgehead atoms. The minimum atomic E-state index is -0.221. The second kappa shape index (κ2) is 10.1. The second-order valence-corrected chi connectivity index (χ2v) is 7.32. The van der Waals surface area contributed by atoms with Crippen molar-refractivity contribution in [2.75, 3.05) is 37.7 Å². The van der Waals surface area contributed by atoms with E-state index in [1.54, 1.807) is 12.1 Å². The van der Waals surface area contributed by atoms with Gasteiger partial charge in [0.1, 0.15) is 11.6 Å². The zero-order chi connectivity index (χ0) is 19.8. The number of halogens is 1. The van der Waals surface area contributed by atoms with Crippen molar-refractivity contribution in [3.63, 3.8) is 0 Å². The van der Waals surface area contributed by atoms with Gasteiger partial charge in [-0.1, -0.05) is 12.1 Å². The van der Waals surface area contributed by atoms with Crippen molar-refractivity contribution in [1.82, 2.24) is 4.90 Å². The van der Waals surface area contributed by atoms with Gasteiger partial charge in [0.05, 0.1) is 6.61 Å². The summed E-state index contributed by atoms with van der Waals surface area (Å²) in [5, 5.41) is 0. The molecule has 1 aliphatic heterocycles.